The fraction of sp³-hybridized carbons (Fsp3) is 0.643. The molecule has 126 valence electrons. The maximum atomic E-state index is 11.7. The Morgan fingerprint density at radius 3 is 2.50 bits per heavy atom. The Morgan fingerprint density at radius 2 is 2.05 bits per heavy atom. The third-order valence-corrected chi connectivity index (χ3v) is 2.93. The Kier molecular flexibility index (Phi) is 8.11. The summed E-state index contributed by atoms with van der Waals surface area (Å²) in [4.78, 5) is 22.7. The molecule has 1 rings (SSSR count). The number of nitrogens with one attached hydrogen (secondary N) is 2. The van der Waals surface area contributed by atoms with Crippen molar-refractivity contribution in [2.75, 3.05) is 11.9 Å². The minimum absolute atomic E-state index is 0. The zero-order valence-corrected chi connectivity index (χ0v) is 14.1. The highest BCUT2D eigenvalue weighted by Gasteiger charge is 2.20. The molecule has 0 radical (unpaired) electrons. The first kappa shape index (κ1) is 20.4. The first-order valence-electron chi connectivity index (χ1n) is 6.97. The van der Waals surface area contributed by atoms with Gasteiger partial charge in [0, 0.05) is 11.5 Å². The van der Waals surface area contributed by atoms with Gasteiger partial charge in [0.2, 0.25) is 11.8 Å². The molecule has 0 saturated heterocycles. The summed E-state index contributed by atoms with van der Waals surface area (Å²) < 4.78 is 5.04. The largest absolute Gasteiger partial charge is 0.480 e. The molecule has 0 aromatic carbocycles. The maximum Gasteiger partial charge on any atom is 0.320 e. The number of aromatic nitrogens is 1. The molecule has 1 amide bonds. The van der Waals surface area contributed by atoms with Crippen molar-refractivity contribution in [1.82, 2.24) is 10.5 Å². The molecule has 0 aliphatic carbocycles. The molecule has 0 fully saturated rings. The first-order valence-corrected chi connectivity index (χ1v) is 6.97. The molecule has 0 saturated carbocycles. The highest BCUT2D eigenvalue weighted by Crippen LogP contribution is 2.23. The number of rotatable bonds is 7. The van der Waals surface area contributed by atoms with Crippen molar-refractivity contribution in [1.29, 1.82) is 0 Å². The van der Waals surface area contributed by atoms with Crippen molar-refractivity contribution in [3.05, 3.63) is 11.8 Å². The third-order valence-electron chi connectivity index (χ3n) is 2.93. The Bertz CT molecular complexity index is 497. The van der Waals surface area contributed by atoms with Gasteiger partial charge in [-0.1, -0.05) is 39.3 Å². The van der Waals surface area contributed by atoms with Crippen molar-refractivity contribution in [2.45, 2.75) is 52.0 Å². The molecule has 1 heterocycles. The minimum Gasteiger partial charge on any atom is -0.480 e. The molecular formula is C14H24ClN3O4. The second-order valence-electron chi connectivity index (χ2n) is 5.93. The summed E-state index contributed by atoms with van der Waals surface area (Å²) in [5.74, 6) is -1.07. The van der Waals surface area contributed by atoms with Crippen LogP contribution in [0.25, 0.3) is 0 Å². The van der Waals surface area contributed by atoms with Crippen LogP contribution < -0.4 is 10.6 Å². The number of carboxylic acid groups (broad SMARTS) is 1. The molecule has 0 aliphatic rings. The fourth-order valence-electron chi connectivity index (χ4n) is 1.69. The molecule has 0 spiro atoms. The highest BCUT2D eigenvalue weighted by atomic mass is 35.5. The van der Waals surface area contributed by atoms with E-state index in [0.29, 0.717) is 6.42 Å². The number of carbonyl (C=O) groups is 2. The number of aliphatic carboxylic acids is 1. The lowest BCUT2D eigenvalue weighted by molar-refractivity contribution is -0.139. The summed E-state index contributed by atoms with van der Waals surface area (Å²) in [6.45, 7) is 7.75. The first-order chi connectivity index (χ1) is 9.74. The summed E-state index contributed by atoms with van der Waals surface area (Å²) in [5.41, 5.74) is 0.570. The van der Waals surface area contributed by atoms with Gasteiger partial charge in [-0.2, -0.15) is 0 Å². The van der Waals surface area contributed by atoms with E-state index in [2.05, 4.69) is 15.8 Å². The molecule has 22 heavy (non-hydrogen) atoms. The van der Waals surface area contributed by atoms with Crippen LogP contribution in [0, 0.1) is 0 Å². The monoisotopic (exact) mass is 333 g/mol. The smallest absolute Gasteiger partial charge is 0.320 e. The van der Waals surface area contributed by atoms with Crippen LogP contribution in [0.4, 0.5) is 5.88 Å². The van der Waals surface area contributed by atoms with E-state index < -0.39 is 12.0 Å². The van der Waals surface area contributed by atoms with Crippen molar-refractivity contribution in [3.8, 4) is 0 Å². The second kappa shape index (κ2) is 8.75. The van der Waals surface area contributed by atoms with Gasteiger partial charge in [-0.05, 0) is 6.42 Å². The lowest BCUT2D eigenvalue weighted by Crippen LogP contribution is -2.41. The van der Waals surface area contributed by atoms with Crippen LogP contribution in [0.15, 0.2) is 10.6 Å². The quantitative estimate of drug-likeness (QED) is 0.706. The molecule has 1 unspecified atom stereocenters. The van der Waals surface area contributed by atoms with Crippen LogP contribution in [0.1, 0.15) is 46.2 Å². The molecular weight excluding hydrogens is 310 g/mol. The summed E-state index contributed by atoms with van der Waals surface area (Å²) in [6.07, 6.45) is 1.20. The van der Waals surface area contributed by atoms with E-state index in [4.69, 9.17) is 9.63 Å². The molecule has 1 aromatic heterocycles. The predicted molar refractivity (Wildman–Crippen MR) is 85.4 cm³/mol. The van der Waals surface area contributed by atoms with Crippen molar-refractivity contribution >= 4 is 30.2 Å². The lowest BCUT2D eigenvalue weighted by Gasteiger charge is -2.13. The Morgan fingerprint density at radius 1 is 1.41 bits per heavy atom. The number of hydrogen-bond acceptors (Lipinski definition) is 5. The molecule has 1 atom stereocenters. The molecule has 3 N–H and O–H groups in total. The fourth-order valence-corrected chi connectivity index (χ4v) is 1.69. The molecule has 1 aromatic rings. The second-order valence-corrected chi connectivity index (χ2v) is 5.93. The summed E-state index contributed by atoms with van der Waals surface area (Å²) >= 11 is 0. The Balaban J connectivity index is 0.00000441. The van der Waals surface area contributed by atoms with E-state index in [1.54, 1.807) is 6.07 Å². The summed E-state index contributed by atoms with van der Waals surface area (Å²) in [6, 6.07) is 0.944. The standard InChI is InChI=1S/C14H23N3O4.ClH/c1-5-6-9(13(19)20)15-8-11(18)16-12-7-10(17-21-12)14(2,3)4;/h7,9,15H,5-6,8H2,1-4H3,(H,16,18)(H,19,20);1H. The van der Waals surface area contributed by atoms with Crippen LogP contribution in [0.3, 0.4) is 0 Å². The highest BCUT2D eigenvalue weighted by molar-refractivity contribution is 5.91. The van der Waals surface area contributed by atoms with Gasteiger partial charge in [-0.25, -0.2) is 0 Å². The van der Waals surface area contributed by atoms with Crippen molar-refractivity contribution in [3.63, 3.8) is 0 Å². The number of hydrogen-bond donors (Lipinski definition) is 3. The SMILES string of the molecule is CCCC(NCC(=O)Nc1cc(C(C)(C)C)no1)C(=O)O.Cl. The summed E-state index contributed by atoms with van der Waals surface area (Å²) in [7, 11) is 0. The number of halogens is 1. The van der Waals surface area contributed by atoms with Crippen LogP contribution >= 0.6 is 12.4 Å². The Labute approximate surface area is 136 Å². The predicted octanol–water partition coefficient (Wildman–Crippen LogP) is 2.18. The van der Waals surface area contributed by atoms with Gasteiger partial charge in [0.15, 0.2) is 0 Å². The zero-order chi connectivity index (χ0) is 16.0. The van der Waals surface area contributed by atoms with Crippen molar-refractivity contribution < 1.29 is 19.2 Å². The average Bonchev–Trinajstić information content (AvgIpc) is 2.82. The zero-order valence-electron chi connectivity index (χ0n) is 13.3. The van der Waals surface area contributed by atoms with E-state index in [1.807, 2.05) is 27.7 Å². The van der Waals surface area contributed by atoms with Gasteiger partial charge >= 0.3 is 5.97 Å². The molecule has 8 heteroatoms. The van der Waals surface area contributed by atoms with Crippen LogP contribution in [-0.4, -0.2) is 34.7 Å². The van der Waals surface area contributed by atoms with Gasteiger partial charge in [0.1, 0.15) is 6.04 Å². The molecule has 0 aliphatic heterocycles. The minimum atomic E-state index is -0.959. The molecule has 7 nitrogen and oxygen atoms in total. The number of amides is 1. The van der Waals surface area contributed by atoms with Crippen LogP contribution in [-0.2, 0) is 15.0 Å². The number of nitrogens with zero attached hydrogens (tertiary/aromatic N) is 1. The average molecular weight is 334 g/mol. The topological polar surface area (TPSA) is 104 Å². The van der Waals surface area contributed by atoms with E-state index in [0.717, 1.165) is 12.1 Å². The number of carbonyl (C=O) groups excluding carboxylic acids is 1. The number of carboxylic acids is 1. The van der Waals surface area contributed by atoms with Gasteiger partial charge in [-0.15, -0.1) is 12.4 Å². The van der Waals surface area contributed by atoms with E-state index >= 15 is 0 Å². The van der Waals surface area contributed by atoms with Crippen LogP contribution in [0.2, 0.25) is 0 Å². The summed E-state index contributed by atoms with van der Waals surface area (Å²) in [5, 5.41) is 18.1. The normalized spacial score (nSPS) is 12.4. The molecule has 0 bridgehead atoms. The van der Waals surface area contributed by atoms with E-state index in [1.165, 1.54) is 0 Å². The van der Waals surface area contributed by atoms with Gasteiger partial charge in [0.25, 0.3) is 0 Å². The van der Waals surface area contributed by atoms with E-state index in [9.17, 15) is 9.59 Å². The maximum absolute atomic E-state index is 11.7. The third kappa shape index (κ3) is 6.44. The van der Waals surface area contributed by atoms with Crippen molar-refractivity contribution in [2.24, 2.45) is 0 Å². The lowest BCUT2D eigenvalue weighted by atomic mass is 9.92. The van der Waals surface area contributed by atoms with E-state index in [-0.39, 0.29) is 36.2 Å². The number of anilines is 1. The van der Waals surface area contributed by atoms with Gasteiger partial charge in [-0.3, -0.25) is 20.2 Å². The van der Waals surface area contributed by atoms with Gasteiger partial charge in [0.05, 0.1) is 12.2 Å². The Hall–Kier alpha value is -1.60. The van der Waals surface area contributed by atoms with Crippen LogP contribution in [0.5, 0.6) is 0 Å². The van der Waals surface area contributed by atoms with Gasteiger partial charge < -0.3 is 9.63 Å².